The summed E-state index contributed by atoms with van der Waals surface area (Å²) in [6, 6.07) is 7.60. The molecule has 0 saturated heterocycles. The molecule has 2 rings (SSSR count). The van der Waals surface area contributed by atoms with Crippen LogP contribution < -0.4 is 15.0 Å². The third-order valence-corrected chi connectivity index (χ3v) is 2.53. The van der Waals surface area contributed by atoms with Crippen molar-refractivity contribution in [1.82, 2.24) is 9.97 Å². The van der Waals surface area contributed by atoms with Gasteiger partial charge in [0.2, 0.25) is 5.75 Å². The van der Waals surface area contributed by atoms with Crippen LogP contribution in [0.5, 0.6) is 17.4 Å². The number of aromatic nitrogens is 2. The van der Waals surface area contributed by atoms with E-state index >= 15 is 0 Å². The molecule has 0 spiro atoms. The van der Waals surface area contributed by atoms with Crippen LogP contribution in [0.25, 0.3) is 0 Å². The van der Waals surface area contributed by atoms with Gasteiger partial charge in [0.05, 0.1) is 13.4 Å². The molecular formula is C13H14N2O3. The Morgan fingerprint density at radius 2 is 2.00 bits per heavy atom. The standard InChI is InChI=1S/C13H14N2O3/c1-3-9-4-6-10(7-5-9)18-13-11(17-2)12(16)14-8-15-13/h4-8H,3H2,1-2H3,(H,14,15,16). The van der Waals surface area contributed by atoms with Crippen molar-refractivity contribution < 1.29 is 9.47 Å². The van der Waals surface area contributed by atoms with Gasteiger partial charge in [0.25, 0.3) is 11.4 Å². The molecule has 0 amide bonds. The first kappa shape index (κ1) is 12.2. The van der Waals surface area contributed by atoms with E-state index < -0.39 is 0 Å². The molecule has 1 heterocycles. The number of aryl methyl sites for hydroxylation is 1. The quantitative estimate of drug-likeness (QED) is 0.897. The highest BCUT2D eigenvalue weighted by atomic mass is 16.5. The number of H-pyrrole nitrogens is 1. The number of rotatable bonds is 4. The minimum atomic E-state index is -0.368. The van der Waals surface area contributed by atoms with Gasteiger partial charge in [-0.05, 0) is 24.1 Å². The van der Waals surface area contributed by atoms with Crippen LogP contribution in [0.15, 0.2) is 35.4 Å². The summed E-state index contributed by atoms with van der Waals surface area (Å²) < 4.78 is 10.5. The van der Waals surface area contributed by atoms with Crippen molar-refractivity contribution in [3.8, 4) is 17.4 Å². The predicted octanol–water partition coefficient (Wildman–Crippen LogP) is 2.13. The Labute approximate surface area is 104 Å². The highest BCUT2D eigenvalue weighted by molar-refractivity contribution is 5.36. The zero-order valence-corrected chi connectivity index (χ0v) is 10.3. The van der Waals surface area contributed by atoms with Gasteiger partial charge in [-0.3, -0.25) is 4.79 Å². The van der Waals surface area contributed by atoms with Gasteiger partial charge >= 0.3 is 0 Å². The molecule has 5 nitrogen and oxygen atoms in total. The molecule has 1 N–H and O–H groups in total. The predicted molar refractivity (Wildman–Crippen MR) is 67.3 cm³/mol. The molecule has 0 radical (unpaired) electrons. The second-order valence-corrected chi connectivity index (χ2v) is 3.67. The van der Waals surface area contributed by atoms with Gasteiger partial charge < -0.3 is 14.5 Å². The summed E-state index contributed by atoms with van der Waals surface area (Å²) in [5.74, 6) is 0.839. The van der Waals surface area contributed by atoms with E-state index in [-0.39, 0.29) is 17.2 Å². The summed E-state index contributed by atoms with van der Waals surface area (Å²) in [7, 11) is 1.40. The van der Waals surface area contributed by atoms with Crippen molar-refractivity contribution in [2.24, 2.45) is 0 Å². The Kier molecular flexibility index (Phi) is 3.62. The van der Waals surface area contributed by atoms with Gasteiger partial charge in [-0.25, -0.2) is 4.98 Å². The third-order valence-electron chi connectivity index (χ3n) is 2.53. The van der Waals surface area contributed by atoms with Gasteiger partial charge in [-0.1, -0.05) is 19.1 Å². The molecule has 0 atom stereocenters. The average Bonchev–Trinajstić information content (AvgIpc) is 2.40. The van der Waals surface area contributed by atoms with Crippen molar-refractivity contribution in [3.05, 3.63) is 46.5 Å². The van der Waals surface area contributed by atoms with Crippen LogP contribution in [-0.4, -0.2) is 17.1 Å². The molecule has 1 aromatic carbocycles. The van der Waals surface area contributed by atoms with Gasteiger partial charge in [0, 0.05) is 0 Å². The first-order valence-corrected chi connectivity index (χ1v) is 5.63. The summed E-state index contributed by atoms with van der Waals surface area (Å²) in [6.07, 6.45) is 2.24. The Balaban J connectivity index is 2.28. The number of nitrogens with zero attached hydrogens (tertiary/aromatic N) is 1. The molecule has 0 aliphatic heterocycles. The van der Waals surface area contributed by atoms with Crippen LogP contribution in [0.3, 0.4) is 0 Å². The average molecular weight is 246 g/mol. The van der Waals surface area contributed by atoms with Crippen LogP contribution >= 0.6 is 0 Å². The number of benzene rings is 1. The molecule has 0 fully saturated rings. The van der Waals surface area contributed by atoms with Crippen molar-refractivity contribution in [2.75, 3.05) is 7.11 Å². The first-order chi connectivity index (χ1) is 8.74. The molecular weight excluding hydrogens is 232 g/mol. The Morgan fingerprint density at radius 1 is 1.28 bits per heavy atom. The van der Waals surface area contributed by atoms with Crippen LogP contribution in [-0.2, 0) is 6.42 Å². The molecule has 0 bridgehead atoms. The van der Waals surface area contributed by atoms with Crippen LogP contribution in [0, 0.1) is 0 Å². The topological polar surface area (TPSA) is 64.2 Å². The zero-order chi connectivity index (χ0) is 13.0. The molecule has 18 heavy (non-hydrogen) atoms. The number of aromatic amines is 1. The van der Waals surface area contributed by atoms with Crippen molar-refractivity contribution in [2.45, 2.75) is 13.3 Å². The molecule has 0 aliphatic carbocycles. The largest absolute Gasteiger partial charge is 0.487 e. The lowest BCUT2D eigenvalue weighted by atomic mass is 10.2. The minimum absolute atomic E-state index is 0.0667. The van der Waals surface area contributed by atoms with Crippen molar-refractivity contribution >= 4 is 0 Å². The lowest BCUT2D eigenvalue weighted by molar-refractivity contribution is 0.363. The van der Waals surface area contributed by atoms with Gasteiger partial charge in [-0.2, -0.15) is 0 Å². The first-order valence-electron chi connectivity index (χ1n) is 5.63. The highest BCUT2D eigenvalue weighted by Gasteiger charge is 2.10. The monoisotopic (exact) mass is 246 g/mol. The minimum Gasteiger partial charge on any atom is -0.487 e. The van der Waals surface area contributed by atoms with Crippen LogP contribution in [0.2, 0.25) is 0 Å². The molecule has 0 unspecified atom stereocenters. The number of methoxy groups -OCH3 is 1. The Bertz CT molecular complexity index is 576. The van der Waals surface area contributed by atoms with Gasteiger partial charge in [0.1, 0.15) is 5.75 Å². The third kappa shape index (κ3) is 2.51. The van der Waals surface area contributed by atoms with E-state index in [4.69, 9.17) is 9.47 Å². The summed E-state index contributed by atoms with van der Waals surface area (Å²) in [4.78, 5) is 17.8. The second-order valence-electron chi connectivity index (χ2n) is 3.67. The molecule has 0 saturated carbocycles. The van der Waals surface area contributed by atoms with Crippen LogP contribution in [0.4, 0.5) is 0 Å². The van der Waals surface area contributed by atoms with E-state index in [1.165, 1.54) is 19.0 Å². The second kappa shape index (κ2) is 5.35. The maximum atomic E-state index is 11.5. The number of nitrogens with one attached hydrogen (secondary N) is 1. The molecule has 5 heteroatoms. The number of ether oxygens (including phenoxy) is 2. The number of hydrogen-bond acceptors (Lipinski definition) is 4. The molecule has 2 aromatic rings. The lowest BCUT2D eigenvalue weighted by Crippen LogP contribution is -2.10. The van der Waals surface area contributed by atoms with Gasteiger partial charge in [0.15, 0.2) is 0 Å². The maximum absolute atomic E-state index is 11.5. The van der Waals surface area contributed by atoms with Crippen molar-refractivity contribution in [1.29, 1.82) is 0 Å². The van der Waals surface area contributed by atoms with E-state index in [9.17, 15) is 4.79 Å². The summed E-state index contributed by atoms with van der Waals surface area (Å²) in [5.41, 5.74) is 0.848. The van der Waals surface area contributed by atoms with E-state index in [1.807, 2.05) is 24.3 Å². The summed E-state index contributed by atoms with van der Waals surface area (Å²) in [6.45, 7) is 2.08. The zero-order valence-electron chi connectivity index (χ0n) is 10.3. The SMILES string of the molecule is CCc1ccc(Oc2nc[nH]c(=O)c2OC)cc1. The number of hydrogen-bond donors (Lipinski definition) is 1. The maximum Gasteiger partial charge on any atom is 0.297 e. The lowest BCUT2D eigenvalue weighted by Gasteiger charge is -2.08. The van der Waals surface area contributed by atoms with Crippen LogP contribution in [0.1, 0.15) is 12.5 Å². The smallest absolute Gasteiger partial charge is 0.297 e. The Morgan fingerprint density at radius 3 is 2.61 bits per heavy atom. The highest BCUT2D eigenvalue weighted by Crippen LogP contribution is 2.25. The Hall–Kier alpha value is -2.30. The molecule has 0 aliphatic rings. The molecule has 1 aromatic heterocycles. The van der Waals surface area contributed by atoms with E-state index in [2.05, 4.69) is 16.9 Å². The van der Waals surface area contributed by atoms with Gasteiger partial charge in [-0.15, -0.1) is 0 Å². The molecule has 94 valence electrons. The van der Waals surface area contributed by atoms with E-state index in [0.29, 0.717) is 5.75 Å². The van der Waals surface area contributed by atoms with Crippen molar-refractivity contribution in [3.63, 3.8) is 0 Å². The fourth-order valence-corrected chi connectivity index (χ4v) is 1.53. The van der Waals surface area contributed by atoms with E-state index in [0.717, 1.165) is 6.42 Å². The fraction of sp³-hybridized carbons (Fsp3) is 0.231. The van der Waals surface area contributed by atoms with E-state index in [1.54, 1.807) is 0 Å². The normalized spacial score (nSPS) is 10.1. The fourth-order valence-electron chi connectivity index (χ4n) is 1.53. The summed E-state index contributed by atoms with van der Waals surface area (Å²) >= 11 is 0. The summed E-state index contributed by atoms with van der Waals surface area (Å²) in [5, 5.41) is 0.